The molecule has 0 bridgehead atoms. The second-order valence-electron chi connectivity index (χ2n) is 4.84. The van der Waals surface area contributed by atoms with Crippen molar-refractivity contribution >= 4 is 10.1 Å². The van der Waals surface area contributed by atoms with E-state index in [0.29, 0.717) is 13.1 Å². The first-order chi connectivity index (χ1) is 10.5. The molecule has 0 atom stereocenters. The molecule has 120 valence electrons. The van der Waals surface area contributed by atoms with Crippen molar-refractivity contribution < 1.29 is 12.6 Å². The first-order valence-corrected chi connectivity index (χ1v) is 8.48. The van der Waals surface area contributed by atoms with Crippen LogP contribution >= 0.6 is 0 Å². The van der Waals surface area contributed by atoms with Crippen LogP contribution in [-0.4, -0.2) is 36.6 Å². The lowest BCUT2D eigenvalue weighted by Crippen LogP contribution is -2.13. The zero-order valence-electron chi connectivity index (χ0n) is 12.7. The predicted molar refractivity (Wildman–Crippen MR) is 81.7 cm³/mol. The van der Waals surface area contributed by atoms with Crippen LogP contribution in [0.2, 0.25) is 0 Å². The lowest BCUT2D eigenvalue weighted by molar-refractivity contribution is 0.292. The van der Waals surface area contributed by atoms with Crippen molar-refractivity contribution in [2.75, 3.05) is 13.2 Å². The molecule has 1 heterocycles. The largest absolute Gasteiger partial charge is 0.311 e. The van der Waals surface area contributed by atoms with Gasteiger partial charge in [0.2, 0.25) is 0 Å². The minimum atomic E-state index is -3.73. The maximum Gasteiger partial charge on any atom is 0.297 e. The lowest BCUT2D eigenvalue weighted by atomic mass is 10.2. The summed E-state index contributed by atoms with van der Waals surface area (Å²) in [5.41, 5.74) is 1.80. The second kappa shape index (κ2) is 7.48. The highest BCUT2D eigenvalue weighted by molar-refractivity contribution is 7.86. The quantitative estimate of drug-likeness (QED) is 0.732. The highest BCUT2D eigenvalue weighted by Gasteiger charge is 2.14. The van der Waals surface area contributed by atoms with E-state index in [1.54, 1.807) is 23.0 Å². The summed E-state index contributed by atoms with van der Waals surface area (Å²) in [4.78, 5) is 0.157. The summed E-state index contributed by atoms with van der Waals surface area (Å²) < 4.78 is 30.6. The number of hydrogen-bond donors (Lipinski definition) is 1. The first kappa shape index (κ1) is 16.6. The summed E-state index contributed by atoms with van der Waals surface area (Å²) in [5, 5.41) is 11.0. The van der Waals surface area contributed by atoms with Gasteiger partial charge in [-0.05, 0) is 25.6 Å². The number of hydrogen-bond acceptors (Lipinski definition) is 6. The van der Waals surface area contributed by atoms with Gasteiger partial charge < -0.3 is 5.32 Å². The Morgan fingerprint density at radius 2 is 2.00 bits per heavy atom. The van der Waals surface area contributed by atoms with E-state index >= 15 is 0 Å². The average Bonchev–Trinajstić information content (AvgIpc) is 2.93. The molecule has 0 unspecified atom stereocenters. The molecule has 2 rings (SSSR count). The van der Waals surface area contributed by atoms with Gasteiger partial charge in [0.05, 0.1) is 23.7 Å². The summed E-state index contributed by atoms with van der Waals surface area (Å²) >= 11 is 0. The molecular formula is C14H20N4O3S. The zero-order valence-corrected chi connectivity index (χ0v) is 13.5. The van der Waals surface area contributed by atoms with Gasteiger partial charge in [-0.15, -0.1) is 5.10 Å². The third-order valence-electron chi connectivity index (χ3n) is 3.01. The highest BCUT2D eigenvalue weighted by Crippen LogP contribution is 2.13. The number of aromatic nitrogens is 3. The molecule has 0 spiro atoms. The van der Waals surface area contributed by atoms with E-state index in [1.165, 1.54) is 12.1 Å². The van der Waals surface area contributed by atoms with Crippen LogP contribution in [0.15, 0.2) is 35.4 Å². The molecule has 0 saturated heterocycles. The minimum absolute atomic E-state index is 0.0141. The molecule has 0 amide bonds. The van der Waals surface area contributed by atoms with Crippen molar-refractivity contribution in [2.45, 2.75) is 31.8 Å². The van der Waals surface area contributed by atoms with Crippen LogP contribution < -0.4 is 5.32 Å². The fourth-order valence-electron chi connectivity index (χ4n) is 1.80. The fourth-order valence-corrected chi connectivity index (χ4v) is 2.69. The Morgan fingerprint density at radius 3 is 2.68 bits per heavy atom. The van der Waals surface area contributed by atoms with Crippen LogP contribution in [0.4, 0.5) is 0 Å². The summed E-state index contributed by atoms with van der Waals surface area (Å²) in [6.07, 6.45) is 1.77. The van der Waals surface area contributed by atoms with Crippen LogP contribution in [-0.2, 0) is 27.4 Å². The molecule has 7 nitrogen and oxygen atoms in total. The predicted octanol–water partition coefficient (Wildman–Crippen LogP) is 1.10. The average molecular weight is 324 g/mol. The van der Waals surface area contributed by atoms with Crippen molar-refractivity contribution in [1.82, 2.24) is 20.3 Å². The van der Waals surface area contributed by atoms with Gasteiger partial charge >= 0.3 is 0 Å². The third kappa shape index (κ3) is 4.62. The number of nitrogens with zero attached hydrogens (tertiary/aromatic N) is 3. The second-order valence-corrected chi connectivity index (χ2v) is 6.46. The van der Waals surface area contributed by atoms with Crippen LogP contribution in [0.5, 0.6) is 0 Å². The molecule has 0 radical (unpaired) electrons. The van der Waals surface area contributed by atoms with E-state index in [2.05, 4.69) is 15.6 Å². The molecule has 1 N–H and O–H groups in total. The Hall–Kier alpha value is -1.77. The van der Waals surface area contributed by atoms with Gasteiger partial charge in [0.25, 0.3) is 10.1 Å². The van der Waals surface area contributed by atoms with Gasteiger partial charge in [0.1, 0.15) is 0 Å². The number of nitrogens with one attached hydrogen (secondary N) is 1. The van der Waals surface area contributed by atoms with Crippen molar-refractivity contribution in [3.8, 4) is 0 Å². The summed E-state index contributed by atoms with van der Waals surface area (Å²) in [7, 11) is -3.73. The van der Waals surface area contributed by atoms with Gasteiger partial charge in [-0.1, -0.05) is 29.8 Å². The molecule has 8 heteroatoms. The smallest absolute Gasteiger partial charge is 0.297 e. The van der Waals surface area contributed by atoms with Crippen LogP contribution in [0.25, 0.3) is 0 Å². The van der Waals surface area contributed by atoms with Crippen molar-refractivity contribution in [1.29, 1.82) is 0 Å². The van der Waals surface area contributed by atoms with E-state index in [4.69, 9.17) is 4.18 Å². The van der Waals surface area contributed by atoms with Crippen LogP contribution in [0.3, 0.4) is 0 Å². The van der Waals surface area contributed by atoms with Gasteiger partial charge in [-0.3, -0.25) is 4.18 Å². The van der Waals surface area contributed by atoms with Crippen molar-refractivity contribution in [2.24, 2.45) is 0 Å². The molecule has 0 aliphatic carbocycles. The Morgan fingerprint density at radius 1 is 1.27 bits per heavy atom. The van der Waals surface area contributed by atoms with E-state index in [0.717, 1.165) is 17.8 Å². The van der Waals surface area contributed by atoms with E-state index in [9.17, 15) is 8.42 Å². The molecule has 0 saturated carbocycles. The maximum absolute atomic E-state index is 12.0. The summed E-state index contributed by atoms with van der Waals surface area (Å²) in [6, 6.07) is 6.55. The molecule has 0 aliphatic heterocycles. The van der Waals surface area contributed by atoms with Gasteiger partial charge in [-0.25, -0.2) is 4.68 Å². The minimum Gasteiger partial charge on any atom is -0.311 e. The summed E-state index contributed by atoms with van der Waals surface area (Å²) in [6.45, 7) is 5.73. The Balaban J connectivity index is 1.87. The molecule has 0 fully saturated rings. The maximum atomic E-state index is 12.0. The van der Waals surface area contributed by atoms with Crippen LogP contribution in [0, 0.1) is 6.92 Å². The molecule has 1 aromatic heterocycles. The van der Waals surface area contributed by atoms with Gasteiger partial charge in [0, 0.05) is 12.7 Å². The van der Waals surface area contributed by atoms with E-state index < -0.39 is 10.1 Å². The van der Waals surface area contributed by atoms with E-state index in [1.807, 2.05) is 13.8 Å². The summed E-state index contributed by atoms with van der Waals surface area (Å²) in [5.74, 6) is 0. The zero-order chi connectivity index (χ0) is 16.0. The topological polar surface area (TPSA) is 86.1 Å². The monoisotopic (exact) mass is 324 g/mol. The standard InChI is InChI=1S/C14H20N4O3S/c1-3-15-10-13-11-18(17-16-13)8-9-21-22(19,20)14-6-4-12(2)5-7-14/h4-7,11,15H,3,8-10H2,1-2H3. The van der Waals surface area contributed by atoms with E-state index in [-0.39, 0.29) is 11.5 Å². The molecule has 0 aliphatic rings. The van der Waals surface area contributed by atoms with Gasteiger partial charge in [0.15, 0.2) is 0 Å². The number of aryl methyl sites for hydroxylation is 1. The van der Waals surface area contributed by atoms with Crippen molar-refractivity contribution in [3.05, 3.63) is 41.7 Å². The highest BCUT2D eigenvalue weighted by atomic mass is 32.2. The third-order valence-corrected chi connectivity index (χ3v) is 4.34. The Kier molecular flexibility index (Phi) is 5.64. The molecule has 22 heavy (non-hydrogen) atoms. The normalized spacial score (nSPS) is 11.7. The molecular weight excluding hydrogens is 304 g/mol. The Labute approximate surface area is 130 Å². The SMILES string of the molecule is CCNCc1cn(CCOS(=O)(=O)c2ccc(C)cc2)nn1. The molecule has 1 aromatic carbocycles. The fraction of sp³-hybridized carbons (Fsp3) is 0.429. The molecule has 2 aromatic rings. The Bertz CT molecular complexity index is 695. The number of rotatable bonds is 8. The van der Waals surface area contributed by atoms with Crippen molar-refractivity contribution in [3.63, 3.8) is 0 Å². The lowest BCUT2D eigenvalue weighted by Gasteiger charge is -2.05. The number of benzene rings is 1. The first-order valence-electron chi connectivity index (χ1n) is 7.07. The van der Waals surface area contributed by atoms with Gasteiger partial charge in [-0.2, -0.15) is 8.42 Å². The van der Waals surface area contributed by atoms with Crippen LogP contribution in [0.1, 0.15) is 18.2 Å².